The molecule has 1 aromatic rings. The number of aromatic nitrogens is 3. The number of nitrogens with zero attached hydrogens (tertiary/aromatic N) is 3. The molecule has 1 aliphatic rings. The number of sulfone groups is 1. The van der Waals surface area contributed by atoms with E-state index in [-0.39, 0.29) is 17.4 Å². The van der Waals surface area contributed by atoms with Gasteiger partial charge in [-0.2, -0.15) is 0 Å². The molecule has 18 heavy (non-hydrogen) atoms. The van der Waals surface area contributed by atoms with Crippen LogP contribution in [0.2, 0.25) is 0 Å². The second kappa shape index (κ2) is 5.22. The van der Waals surface area contributed by atoms with Crippen molar-refractivity contribution in [3.8, 4) is 0 Å². The summed E-state index contributed by atoms with van der Waals surface area (Å²) in [4.78, 5) is 0. The smallest absolute Gasteiger partial charge is 0.191 e. The lowest BCUT2D eigenvalue weighted by molar-refractivity contribution is 0.599. The second-order valence-corrected chi connectivity index (χ2v) is 8.01. The largest absolute Gasteiger partial charge is 0.309 e. The fraction of sp³-hybridized carbons (Fsp3) is 0.600. The van der Waals surface area contributed by atoms with E-state index >= 15 is 0 Å². The third-order valence-electron chi connectivity index (χ3n) is 2.82. The van der Waals surface area contributed by atoms with Crippen LogP contribution in [-0.2, 0) is 16.9 Å². The van der Waals surface area contributed by atoms with Gasteiger partial charge in [0.05, 0.1) is 11.5 Å². The molecule has 1 aliphatic heterocycles. The van der Waals surface area contributed by atoms with E-state index in [2.05, 4.69) is 16.8 Å². The van der Waals surface area contributed by atoms with Gasteiger partial charge in [-0.15, -0.1) is 10.2 Å². The highest BCUT2D eigenvalue weighted by molar-refractivity contribution is 7.99. The number of hydrogen-bond donors (Lipinski definition) is 0. The van der Waals surface area contributed by atoms with Crippen LogP contribution in [0.5, 0.6) is 0 Å². The molecule has 0 bridgehead atoms. The molecular formula is C10H14ClN3O2S2. The molecule has 1 fully saturated rings. The average molecular weight is 308 g/mol. The fourth-order valence-corrected chi connectivity index (χ4v) is 4.52. The van der Waals surface area contributed by atoms with Crippen LogP contribution in [0.15, 0.2) is 16.8 Å². The Morgan fingerprint density at radius 3 is 2.89 bits per heavy atom. The average Bonchev–Trinajstić information content (AvgIpc) is 2.79. The van der Waals surface area contributed by atoms with E-state index in [1.54, 1.807) is 0 Å². The van der Waals surface area contributed by atoms with Gasteiger partial charge < -0.3 is 4.57 Å². The molecule has 8 heteroatoms. The van der Waals surface area contributed by atoms with Gasteiger partial charge in [0.1, 0.15) is 5.82 Å². The predicted molar refractivity (Wildman–Crippen MR) is 72.7 cm³/mol. The number of rotatable bonds is 4. The van der Waals surface area contributed by atoms with Crippen LogP contribution < -0.4 is 0 Å². The first-order valence-electron chi connectivity index (χ1n) is 5.45. The molecule has 0 N–H and O–H groups in total. The highest BCUT2D eigenvalue weighted by Gasteiger charge is 2.32. The number of halogens is 1. The van der Waals surface area contributed by atoms with Gasteiger partial charge in [-0.3, -0.25) is 0 Å². The normalized spacial score (nSPS) is 22.2. The van der Waals surface area contributed by atoms with Crippen LogP contribution in [0, 0.1) is 0 Å². The van der Waals surface area contributed by atoms with E-state index in [0.717, 1.165) is 11.0 Å². The zero-order chi connectivity index (χ0) is 13.3. The quantitative estimate of drug-likeness (QED) is 0.790. The molecule has 0 spiro atoms. The SMILES string of the molecule is C=C(Cl)CSc1nnc(C2CCS(=O)(=O)C2)n1C. The van der Waals surface area contributed by atoms with Gasteiger partial charge in [-0.25, -0.2) is 8.42 Å². The van der Waals surface area contributed by atoms with Crippen molar-refractivity contribution in [2.24, 2.45) is 7.05 Å². The van der Waals surface area contributed by atoms with Gasteiger partial charge in [0.15, 0.2) is 15.0 Å². The molecule has 1 atom stereocenters. The maximum Gasteiger partial charge on any atom is 0.191 e. The topological polar surface area (TPSA) is 64.8 Å². The Kier molecular flexibility index (Phi) is 4.03. The Labute approximate surface area is 116 Å². The first kappa shape index (κ1) is 13.9. The van der Waals surface area contributed by atoms with Crippen molar-refractivity contribution in [2.45, 2.75) is 17.5 Å². The summed E-state index contributed by atoms with van der Waals surface area (Å²) in [6.45, 7) is 3.61. The highest BCUT2D eigenvalue weighted by Crippen LogP contribution is 2.29. The molecule has 1 unspecified atom stereocenters. The lowest BCUT2D eigenvalue weighted by Gasteiger charge is -2.07. The van der Waals surface area contributed by atoms with Crippen molar-refractivity contribution in [3.05, 3.63) is 17.4 Å². The van der Waals surface area contributed by atoms with E-state index in [1.807, 2.05) is 11.6 Å². The summed E-state index contributed by atoms with van der Waals surface area (Å²) in [5, 5.41) is 9.44. The molecule has 2 rings (SSSR count). The molecule has 5 nitrogen and oxygen atoms in total. The molecule has 0 aromatic carbocycles. The molecule has 0 aliphatic carbocycles. The van der Waals surface area contributed by atoms with Crippen molar-refractivity contribution >= 4 is 33.2 Å². The third-order valence-corrected chi connectivity index (χ3v) is 5.99. The number of hydrogen-bond acceptors (Lipinski definition) is 5. The van der Waals surface area contributed by atoms with Crippen LogP contribution in [0.25, 0.3) is 0 Å². The molecule has 1 saturated heterocycles. The summed E-state index contributed by atoms with van der Waals surface area (Å²) >= 11 is 7.14. The first-order chi connectivity index (χ1) is 8.39. The lowest BCUT2D eigenvalue weighted by Crippen LogP contribution is -2.09. The maximum atomic E-state index is 11.5. The Bertz CT molecular complexity index is 568. The lowest BCUT2D eigenvalue weighted by atomic mass is 10.1. The minimum atomic E-state index is -2.90. The van der Waals surface area contributed by atoms with Crippen molar-refractivity contribution in [2.75, 3.05) is 17.3 Å². The zero-order valence-corrected chi connectivity index (χ0v) is 12.4. The minimum absolute atomic E-state index is 0.0407. The molecular weight excluding hydrogens is 294 g/mol. The fourth-order valence-electron chi connectivity index (χ4n) is 1.95. The van der Waals surface area contributed by atoms with Crippen LogP contribution in [0.4, 0.5) is 0 Å². The van der Waals surface area contributed by atoms with Gasteiger partial charge >= 0.3 is 0 Å². The Hall–Kier alpha value is -0.530. The molecule has 0 radical (unpaired) electrons. The Morgan fingerprint density at radius 1 is 1.61 bits per heavy atom. The number of thioether (sulfide) groups is 1. The maximum absolute atomic E-state index is 11.5. The standard InChI is InChI=1S/C10H14ClN3O2S2/c1-7(11)5-17-10-13-12-9(14(10)2)8-3-4-18(15,16)6-8/h8H,1,3-6H2,2H3. The van der Waals surface area contributed by atoms with Crippen molar-refractivity contribution < 1.29 is 8.42 Å². The predicted octanol–water partition coefficient (Wildman–Crippen LogP) is 1.56. The van der Waals surface area contributed by atoms with E-state index in [1.165, 1.54) is 11.8 Å². The Morgan fingerprint density at radius 2 is 2.33 bits per heavy atom. The second-order valence-electron chi connectivity index (χ2n) is 4.31. The highest BCUT2D eigenvalue weighted by atomic mass is 35.5. The van der Waals surface area contributed by atoms with Gasteiger partial charge in [0.25, 0.3) is 0 Å². The molecule has 100 valence electrons. The van der Waals surface area contributed by atoms with E-state index in [0.29, 0.717) is 17.2 Å². The van der Waals surface area contributed by atoms with E-state index < -0.39 is 9.84 Å². The summed E-state index contributed by atoms with van der Waals surface area (Å²) in [5.74, 6) is 1.67. The summed E-state index contributed by atoms with van der Waals surface area (Å²) in [5.41, 5.74) is 0. The Balaban J connectivity index is 2.14. The van der Waals surface area contributed by atoms with Gasteiger partial charge in [-0.05, 0) is 6.42 Å². The summed E-state index contributed by atoms with van der Waals surface area (Å²) in [7, 11) is -1.05. The van der Waals surface area contributed by atoms with E-state index in [9.17, 15) is 8.42 Å². The molecule has 0 amide bonds. The monoisotopic (exact) mass is 307 g/mol. The first-order valence-corrected chi connectivity index (χ1v) is 8.63. The molecule has 1 aromatic heterocycles. The van der Waals surface area contributed by atoms with Crippen LogP contribution in [0.3, 0.4) is 0 Å². The minimum Gasteiger partial charge on any atom is -0.309 e. The van der Waals surface area contributed by atoms with Crippen molar-refractivity contribution in [3.63, 3.8) is 0 Å². The van der Waals surface area contributed by atoms with Crippen LogP contribution in [-0.4, -0.2) is 40.4 Å². The summed E-state index contributed by atoms with van der Waals surface area (Å²) < 4.78 is 24.8. The molecule has 0 saturated carbocycles. The summed E-state index contributed by atoms with van der Waals surface area (Å²) in [6.07, 6.45) is 0.626. The van der Waals surface area contributed by atoms with Crippen molar-refractivity contribution in [1.29, 1.82) is 0 Å². The van der Waals surface area contributed by atoms with Gasteiger partial charge in [0, 0.05) is 23.8 Å². The van der Waals surface area contributed by atoms with Crippen LogP contribution >= 0.6 is 23.4 Å². The van der Waals surface area contributed by atoms with Crippen LogP contribution in [0.1, 0.15) is 18.2 Å². The summed E-state index contributed by atoms with van der Waals surface area (Å²) in [6, 6.07) is 0. The van der Waals surface area contributed by atoms with E-state index in [4.69, 9.17) is 11.6 Å². The van der Waals surface area contributed by atoms with Gasteiger partial charge in [0.2, 0.25) is 0 Å². The van der Waals surface area contributed by atoms with Crippen molar-refractivity contribution in [1.82, 2.24) is 14.8 Å². The molecule has 2 heterocycles. The van der Waals surface area contributed by atoms with Gasteiger partial charge in [-0.1, -0.05) is 29.9 Å². The third kappa shape index (κ3) is 3.07. The zero-order valence-electron chi connectivity index (χ0n) is 9.97.